The Morgan fingerprint density at radius 2 is 2.17 bits per heavy atom. The molecule has 1 aliphatic rings. The first kappa shape index (κ1) is 16.6. The van der Waals surface area contributed by atoms with Crippen LogP contribution >= 0.6 is 0 Å². The van der Waals surface area contributed by atoms with Crippen molar-refractivity contribution in [2.75, 3.05) is 23.8 Å². The van der Waals surface area contributed by atoms with E-state index in [9.17, 15) is 0 Å². The third-order valence-corrected chi connectivity index (χ3v) is 3.71. The zero-order valence-corrected chi connectivity index (χ0v) is 14.5. The first-order chi connectivity index (χ1) is 11.5. The molecule has 0 unspecified atom stereocenters. The molecule has 3 rings (SSSR count). The third-order valence-electron chi connectivity index (χ3n) is 3.71. The second-order valence-electron chi connectivity index (χ2n) is 7.09. The Balaban J connectivity index is 1.84. The number of hydrogen-bond donors (Lipinski definition) is 2. The molecule has 0 saturated carbocycles. The molecule has 0 aliphatic carbocycles. The zero-order valence-electron chi connectivity index (χ0n) is 14.5. The van der Waals surface area contributed by atoms with Gasteiger partial charge >= 0.3 is 0 Å². The summed E-state index contributed by atoms with van der Waals surface area (Å²) in [6.45, 7) is 7.89. The zero-order chi connectivity index (χ0) is 17.0. The van der Waals surface area contributed by atoms with Crippen LogP contribution in [0.25, 0.3) is 11.3 Å². The molecule has 0 amide bonds. The van der Waals surface area contributed by atoms with Crippen molar-refractivity contribution >= 4 is 11.8 Å². The van der Waals surface area contributed by atoms with Gasteiger partial charge < -0.3 is 15.4 Å². The summed E-state index contributed by atoms with van der Waals surface area (Å²) in [5.41, 5.74) is 1.70. The average molecular weight is 327 g/mol. The summed E-state index contributed by atoms with van der Waals surface area (Å²) < 4.78 is 5.67. The largest absolute Gasteiger partial charge is 0.376 e. The van der Waals surface area contributed by atoms with E-state index < -0.39 is 0 Å². The molecule has 2 aromatic rings. The van der Waals surface area contributed by atoms with Crippen molar-refractivity contribution in [3.8, 4) is 11.3 Å². The highest BCUT2D eigenvalue weighted by Crippen LogP contribution is 2.22. The smallest absolute Gasteiger partial charge is 0.225 e. The molecule has 6 heteroatoms. The molecule has 0 spiro atoms. The van der Waals surface area contributed by atoms with Gasteiger partial charge in [-0.25, -0.2) is 4.98 Å². The summed E-state index contributed by atoms with van der Waals surface area (Å²) in [6, 6.07) is 5.87. The molecule has 1 saturated heterocycles. The Morgan fingerprint density at radius 3 is 2.83 bits per heavy atom. The van der Waals surface area contributed by atoms with E-state index in [1.165, 1.54) is 0 Å². The number of hydrogen-bond acceptors (Lipinski definition) is 6. The molecule has 0 bridgehead atoms. The van der Waals surface area contributed by atoms with Crippen LogP contribution in [-0.4, -0.2) is 39.7 Å². The second kappa shape index (κ2) is 7.13. The monoisotopic (exact) mass is 327 g/mol. The number of nitrogens with zero attached hydrogens (tertiary/aromatic N) is 3. The van der Waals surface area contributed by atoms with Crippen molar-refractivity contribution in [1.29, 1.82) is 0 Å². The van der Waals surface area contributed by atoms with Gasteiger partial charge in [-0.2, -0.15) is 4.98 Å². The summed E-state index contributed by atoms with van der Waals surface area (Å²) in [4.78, 5) is 13.4. The summed E-state index contributed by atoms with van der Waals surface area (Å²) >= 11 is 0. The standard InChI is InChI=1S/C18H25N5O/c1-18(2,3)23-17-21-15(13-6-4-8-19-11-13)10-16(22-17)20-12-14-7-5-9-24-14/h4,6,8,10-11,14H,5,7,9,12H2,1-3H3,(H2,20,21,22,23)/t14-/m1/s1. The van der Waals surface area contributed by atoms with Gasteiger partial charge in [0.1, 0.15) is 5.82 Å². The van der Waals surface area contributed by atoms with Gasteiger partial charge in [-0.05, 0) is 45.7 Å². The minimum Gasteiger partial charge on any atom is -0.376 e. The van der Waals surface area contributed by atoms with Crippen LogP contribution in [0.1, 0.15) is 33.6 Å². The Hall–Kier alpha value is -2.21. The minimum absolute atomic E-state index is 0.112. The van der Waals surface area contributed by atoms with Crippen LogP contribution in [0.2, 0.25) is 0 Å². The number of aromatic nitrogens is 3. The van der Waals surface area contributed by atoms with Crippen LogP contribution in [0.5, 0.6) is 0 Å². The molecule has 1 aliphatic heterocycles. The maximum Gasteiger partial charge on any atom is 0.225 e. The van der Waals surface area contributed by atoms with E-state index >= 15 is 0 Å². The lowest BCUT2D eigenvalue weighted by Gasteiger charge is -2.21. The molecular formula is C18H25N5O. The fourth-order valence-electron chi connectivity index (χ4n) is 2.61. The Labute approximate surface area is 143 Å². The minimum atomic E-state index is -0.112. The van der Waals surface area contributed by atoms with Crippen molar-refractivity contribution in [2.45, 2.75) is 45.3 Å². The Kier molecular flexibility index (Phi) is 4.94. The molecular weight excluding hydrogens is 302 g/mol. The molecule has 24 heavy (non-hydrogen) atoms. The van der Waals surface area contributed by atoms with Crippen molar-refractivity contribution in [3.63, 3.8) is 0 Å². The third kappa shape index (κ3) is 4.64. The molecule has 0 radical (unpaired) electrons. The Bertz CT molecular complexity index is 663. The summed E-state index contributed by atoms with van der Waals surface area (Å²) in [7, 11) is 0. The maximum atomic E-state index is 5.67. The van der Waals surface area contributed by atoms with Crippen molar-refractivity contribution in [1.82, 2.24) is 15.0 Å². The Morgan fingerprint density at radius 1 is 1.29 bits per heavy atom. The lowest BCUT2D eigenvalue weighted by Crippen LogP contribution is -2.28. The van der Waals surface area contributed by atoms with E-state index in [0.717, 1.165) is 43.1 Å². The van der Waals surface area contributed by atoms with E-state index in [4.69, 9.17) is 4.74 Å². The van der Waals surface area contributed by atoms with Crippen molar-refractivity contribution in [2.24, 2.45) is 0 Å². The predicted molar refractivity (Wildman–Crippen MR) is 96.1 cm³/mol. The lowest BCUT2D eigenvalue weighted by atomic mass is 10.1. The topological polar surface area (TPSA) is 72.0 Å². The van der Waals surface area contributed by atoms with Gasteiger partial charge in [0.15, 0.2) is 0 Å². The quantitative estimate of drug-likeness (QED) is 0.877. The molecule has 3 heterocycles. The molecule has 2 N–H and O–H groups in total. The highest BCUT2D eigenvalue weighted by molar-refractivity contribution is 5.63. The van der Waals surface area contributed by atoms with Gasteiger partial charge in [0.2, 0.25) is 5.95 Å². The van der Waals surface area contributed by atoms with E-state index in [1.54, 1.807) is 6.20 Å². The summed E-state index contributed by atoms with van der Waals surface area (Å²) in [5.74, 6) is 1.41. The van der Waals surface area contributed by atoms with Gasteiger partial charge in [0.05, 0.1) is 11.8 Å². The van der Waals surface area contributed by atoms with E-state index in [2.05, 4.69) is 46.4 Å². The lowest BCUT2D eigenvalue weighted by molar-refractivity contribution is 0.120. The van der Waals surface area contributed by atoms with Gasteiger partial charge in [-0.3, -0.25) is 4.98 Å². The number of ether oxygens (including phenoxy) is 1. The van der Waals surface area contributed by atoms with Gasteiger partial charge in [-0.15, -0.1) is 0 Å². The van der Waals surface area contributed by atoms with E-state index in [0.29, 0.717) is 5.95 Å². The molecule has 6 nitrogen and oxygen atoms in total. The highest BCUT2D eigenvalue weighted by atomic mass is 16.5. The van der Waals surface area contributed by atoms with Crippen LogP contribution in [0.15, 0.2) is 30.6 Å². The van der Waals surface area contributed by atoms with Crippen LogP contribution in [0.3, 0.4) is 0 Å². The normalized spacial score (nSPS) is 17.7. The summed E-state index contributed by atoms with van der Waals surface area (Å²) in [5, 5.41) is 6.73. The fourth-order valence-corrected chi connectivity index (χ4v) is 2.61. The number of anilines is 2. The maximum absolute atomic E-state index is 5.67. The van der Waals surface area contributed by atoms with Gasteiger partial charge in [0.25, 0.3) is 0 Å². The van der Waals surface area contributed by atoms with E-state index in [-0.39, 0.29) is 11.6 Å². The van der Waals surface area contributed by atoms with Crippen molar-refractivity contribution < 1.29 is 4.74 Å². The molecule has 1 fully saturated rings. The second-order valence-corrected chi connectivity index (χ2v) is 7.09. The van der Waals surface area contributed by atoms with Gasteiger partial charge in [-0.1, -0.05) is 0 Å². The molecule has 128 valence electrons. The number of rotatable bonds is 5. The first-order valence-electron chi connectivity index (χ1n) is 8.43. The van der Waals surface area contributed by atoms with Crippen LogP contribution in [0.4, 0.5) is 11.8 Å². The average Bonchev–Trinajstić information content (AvgIpc) is 3.05. The molecule has 0 aromatic carbocycles. The SMILES string of the molecule is CC(C)(C)Nc1nc(NC[C@H]2CCCO2)cc(-c2cccnc2)n1. The summed E-state index contributed by atoms with van der Waals surface area (Å²) in [6.07, 6.45) is 6.07. The van der Waals surface area contributed by atoms with Crippen LogP contribution in [0, 0.1) is 0 Å². The molecule has 2 aromatic heterocycles. The number of nitrogens with one attached hydrogen (secondary N) is 2. The van der Waals surface area contributed by atoms with E-state index in [1.807, 2.05) is 24.4 Å². The van der Waals surface area contributed by atoms with Crippen LogP contribution < -0.4 is 10.6 Å². The van der Waals surface area contributed by atoms with Gasteiger partial charge in [0, 0.05) is 42.7 Å². The first-order valence-corrected chi connectivity index (χ1v) is 8.43. The predicted octanol–water partition coefficient (Wildman–Crippen LogP) is 3.34. The van der Waals surface area contributed by atoms with Crippen LogP contribution in [-0.2, 0) is 4.74 Å². The van der Waals surface area contributed by atoms with Crippen molar-refractivity contribution in [3.05, 3.63) is 30.6 Å². The molecule has 1 atom stereocenters. The number of pyridine rings is 1. The highest BCUT2D eigenvalue weighted by Gasteiger charge is 2.17. The fraction of sp³-hybridized carbons (Fsp3) is 0.500.